The molecule has 0 fully saturated rings. The molecule has 0 aromatic heterocycles. The van der Waals surface area contributed by atoms with Gasteiger partial charge in [0, 0.05) is 0 Å². The van der Waals surface area contributed by atoms with Crippen LogP contribution in [0, 0.1) is 0 Å². The van der Waals surface area contributed by atoms with Gasteiger partial charge < -0.3 is 10.5 Å². The molecule has 0 saturated carbocycles. The smallest absolute Gasteiger partial charge is 0.176 e. The second-order valence-corrected chi connectivity index (χ2v) is 2.55. The van der Waals surface area contributed by atoms with Gasteiger partial charge in [-0.3, -0.25) is 0 Å². The fraction of sp³-hybridized carbons (Fsp3) is 0.857. The van der Waals surface area contributed by atoms with Gasteiger partial charge in [0.2, 0.25) is 0 Å². The molecule has 3 heteroatoms. The third-order valence-corrected chi connectivity index (χ3v) is 1.61. The Labute approximate surface area is 67.7 Å². The van der Waals surface area contributed by atoms with Gasteiger partial charge in [0.25, 0.3) is 0 Å². The molecule has 1 atom stereocenters. The van der Waals surface area contributed by atoms with Crippen LogP contribution >= 0.6 is 12.2 Å². The molecule has 0 aromatic carbocycles. The zero-order chi connectivity index (χ0) is 7.98. The van der Waals surface area contributed by atoms with Gasteiger partial charge in [-0.2, -0.15) is 0 Å². The van der Waals surface area contributed by atoms with E-state index in [1.54, 1.807) is 0 Å². The monoisotopic (exact) mass is 161 g/mol. The lowest BCUT2D eigenvalue weighted by Gasteiger charge is -2.11. The molecular weight excluding hydrogens is 146 g/mol. The molecule has 2 nitrogen and oxygen atoms in total. The maximum atomic E-state index is 5.65. The summed E-state index contributed by atoms with van der Waals surface area (Å²) in [5.74, 6) is 0. The van der Waals surface area contributed by atoms with Crippen molar-refractivity contribution in [3.8, 4) is 0 Å². The summed E-state index contributed by atoms with van der Waals surface area (Å²) in [7, 11) is 0. The van der Waals surface area contributed by atoms with E-state index >= 15 is 0 Å². The Morgan fingerprint density at radius 2 is 2.20 bits per heavy atom. The average molecular weight is 161 g/mol. The van der Waals surface area contributed by atoms with Crippen molar-refractivity contribution in [3.63, 3.8) is 0 Å². The third-order valence-electron chi connectivity index (χ3n) is 1.19. The first kappa shape index (κ1) is 9.85. The summed E-state index contributed by atoms with van der Waals surface area (Å²) < 4.78 is 5.06. The van der Waals surface area contributed by atoms with Gasteiger partial charge in [-0.1, -0.05) is 13.3 Å². The molecule has 0 spiro atoms. The van der Waals surface area contributed by atoms with E-state index in [1.165, 1.54) is 0 Å². The van der Waals surface area contributed by atoms with Crippen LogP contribution in [0.4, 0.5) is 0 Å². The van der Waals surface area contributed by atoms with Crippen molar-refractivity contribution >= 4 is 17.3 Å². The minimum absolute atomic E-state index is 0.0556. The highest BCUT2D eigenvalue weighted by Crippen LogP contribution is 1.97. The highest BCUT2D eigenvalue weighted by Gasteiger charge is 2.07. The molecule has 0 unspecified atom stereocenters. The summed E-state index contributed by atoms with van der Waals surface area (Å²) in [5, 5.41) is 0.546. The van der Waals surface area contributed by atoms with Gasteiger partial charge in [0.1, 0.15) is 0 Å². The summed E-state index contributed by atoms with van der Waals surface area (Å²) in [6, 6.07) is -0.0556. The third kappa shape index (κ3) is 3.80. The molecule has 0 aliphatic heterocycles. The zero-order valence-electron chi connectivity index (χ0n) is 6.59. The SMILES string of the molecule is CCC[C@@H](N)C(=S)OCC. The predicted octanol–water partition coefficient (Wildman–Crippen LogP) is 1.48. The van der Waals surface area contributed by atoms with Crippen molar-refractivity contribution in [3.05, 3.63) is 0 Å². The van der Waals surface area contributed by atoms with Gasteiger partial charge in [0.05, 0.1) is 12.6 Å². The van der Waals surface area contributed by atoms with Crippen LogP contribution in [0.5, 0.6) is 0 Å². The molecule has 0 rings (SSSR count). The molecule has 0 radical (unpaired) electrons. The number of nitrogens with two attached hydrogens (primary N) is 1. The highest BCUT2D eigenvalue weighted by atomic mass is 32.1. The van der Waals surface area contributed by atoms with Gasteiger partial charge >= 0.3 is 0 Å². The van der Waals surface area contributed by atoms with Crippen molar-refractivity contribution in [2.45, 2.75) is 32.7 Å². The van der Waals surface area contributed by atoms with Crippen LogP contribution in [0.1, 0.15) is 26.7 Å². The normalized spacial score (nSPS) is 12.7. The lowest BCUT2D eigenvalue weighted by atomic mass is 10.2. The Bertz CT molecular complexity index is 106. The van der Waals surface area contributed by atoms with Crippen molar-refractivity contribution in [2.75, 3.05) is 6.61 Å². The minimum Gasteiger partial charge on any atom is -0.486 e. The van der Waals surface area contributed by atoms with Crippen LogP contribution in [0.25, 0.3) is 0 Å². The second-order valence-electron chi connectivity index (χ2n) is 2.15. The van der Waals surface area contributed by atoms with Gasteiger partial charge in [0.15, 0.2) is 5.05 Å². The van der Waals surface area contributed by atoms with Crippen LogP contribution < -0.4 is 5.73 Å². The summed E-state index contributed by atoms with van der Waals surface area (Å²) >= 11 is 4.89. The number of thiocarbonyl (C=S) groups is 1. The standard InChI is InChI=1S/C7H15NOS/c1-3-5-6(8)7(10)9-4-2/h6H,3-5,8H2,1-2H3/t6-/m1/s1. The summed E-state index contributed by atoms with van der Waals surface area (Å²) in [6.45, 7) is 4.61. The van der Waals surface area contributed by atoms with Crippen molar-refractivity contribution in [1.29, 1.82) is 0 Å². The Kier molecular flexibility index (Phi) is 5.54. The fourth-order valence-electron chi connectivity index (χ4n) is 0.678. The zero-order valence-corrected chi connectivity index (χ0v) is 7.41. The molecule has 0 bridgehead atoms. The molecule has 60 valence electrons. The molecule has 0 heterocycles. The number of hydrogen-bond donors (Lipinski definition) is 1. The molecular formula is C7H15NOS. The van der Waals surface area contributed by atoms with Gasteiger partial charge in [-0.15, -0.1) is 0 Å². The van der Waals surface area contributed by atoms with Gasteiger partial charge in [-0.25, -0.2) is 0 Å². The van der Waals surface area contributed by atoms with Crippen LogP contribution in [0.15, 0.2) is 0 Å². The first-order valence-electron chi connectivity index (χ1n) is 3.64. The molecule has 0 saturated heterocycles. The van der Waals surface area contributed by atoms with E-state index in [9.17, 15) is 0 Å². The minimum atomic E-state index is -0.0556. The Balaban J connectivity index is 3.49. The first-order chi connectivity index (χ1) is 4.72. The van der Waals surface area contributed by atoms with Crippen molar-refractivity contribution in [1.82, 2.24) is 0 Å². The fourth-order valence-corrected chi connectivity index (χ4v) is 0.914. The molecule has 2 N–H and O–H groups in total. The van der Waals surface area contributed by atoms with E-state index in [4.69, 9.17) is 22.7 Å². The van der Waals surface area contributed by atoms with E-state index in [1.807, 2.05) is 6.92 Å². The maximum Gasteiger partial charge on any atom is 0.176 e. The number of ether oxygens (including phenoxy) is 1. The maximum absolute atomic E-state index is 5.65. The summed E-state index contributed by atoms with van der Waals surface area (Å²) in [6.07, 6.45) is 1.97. The largest absolute Gasteiger partial charge is 0.486 e. The molecule has 0 amide bonds. The van der Waals surface area contributed by atoms with E-state index in [2.05, 4.69) is 6.92 Å². The van der Waals surface area contributed by atoms with E-state index in [0.717, 1.165) is 12.8 Å². The number of hydrogen-bond acceptors (Lipinski definition) is 3. The Morgan fingerprint density at radius 3 is 2.60 bits per heavy atom. The van der Waals surface area contributed by atoms with Crippen LogP contribution in [-0.4, -0.2) is 17.7 Å². The van der Waals surface area contributed by atoms with E-state index in [-0.39, 0.29) is 6.04 Å². The van der Waals surface area contributed by atoms with Crippen LogP contribution in [0.3, 0.4) is 0 Å². The average Bonchev–Trinajstić information content (AvgIpc) is 1.89. The Morgan fingerprint density at radius 1 is 1.60 bits per heavy atom. The topological polar surface area (TPSA) is 35.2 Å². The first-order valence-corrected chi connectivity index (χ1v) is 4.05. The summed E-state index contributed by atoms with van der Waals surface area (Å²) in [5.41, 5.74) is 5.65. The summed E-state index contributed by atoms with van der Waals surface area (Å²) in [4.78, 5) is 0. The lowest BCUT2D eigenvalue weighted by molar-refractivity contribution is 0.319. The predicted molar refractivity (Wildman–Crippen MR) is 47.1 cm³/mol. The van der Waals surface area contributed by atoms with Crippen LogP contribution in [0.2, 0.25) is 0 Å². The quantitative estimate of drug-likeness (QED) is 0.634. The van der Waals surface area contributed by atoms with Crippen molar-refractivity contribution < 1.29 is 4.74 Å². The van der Waals surface area contributed by atoms with Crippen molar-refractivity contribution in [2.24, 2.45) is 5.73 Å². The van der Waals surface area contributed by atoms with Gasteiger partial charge in [-0.05, 0) is 25.6 Å². The second kappa shape index (κ2) is 5.62. The lowest BCUT2D eigenvalue weighted by Crippen LogP contribution is -2.30. The molecule has 10 heavy (non-hydrogen) atoms. The molecule has 0 aromatic rings. The Hall–Kier alpha value is -0.150. The van der Waals surface area contributed by atoms with Crippen LogP contribution in [-0.2, 0) is 4.74 Å². The molecule has 0 aliphatic carbocycles. The number of rotatable bonds is 4. The highest BCUT2D eigenvalue weighted by molar-refractivity contribution is 7.80. The molecule has 0 aliphatic rings. The van der Waals surface area contributed by atoms with E-state index in [0.29, 0.717) is 11.7 Å². The van der Waals surface area contributed by atoms with E-state index < -0.39 is 0 Å².